The predicted molar refractivity (Wildman–Crippen MR) is 40.8 cm³/mol. The molecule has 0 aliphatic carbocycles. The van der Waals surface area contributed by atoms with Crippen LogP contribution in [0.2, 0.25) is 0 Å². The molecular weight excluding hydrogens is 185 g/mol. The standard InChI is InChI=1S/C5H12NO5P/c1-9-5-4-6(2-3-10-5)11-12(7)8/h5,7-8H,2-4H2,1H3. The zero-order chi connectivity index (χ0) is 8.97. The van der Waals surface area contributed by atoms with E-state index >= 15 is 0 Å². The minimum absolute atomic E-state index is 0.353. The van der Waals surface area contributed by atoms with Crippen LogP contribution < -0.4 is 0 Å². The van der Waals surface area contributed by atoms with Crippen LogP contribution in [0.15, 0.2) is 0 Å². The third-order valence-corrected chi connectivity index (χ3v) is 1.83. The quantitative estimate of drug-likeness (QED) is 0.590. The van der Waals surface area contributed by atoms with Gasteiger partial charge in [0, 0.05) is 13.7 Å². The average Bonchev–Trinajstić information content (AvgIpc) is 2.03. The summed E-state index contributed by atoms with van der Waals surface area (Å²) in [6.07, 6.45) is -0.353. The molecule has 1 atom stereocenters. The van der Waals surface area contributed by atoms with Gasteiger partial charge in [0.25, 0.3) is 0 Å². The first kappa shape index (κ1) is 10.3. The molecule has 0 aromatic heterocycles. The highest BCUT2D eigenvalue weighted by Gasteiger charge is 2.22. The first-order chi connectivity index (χ1) is 5.72. The second-order valence-corrected chi connectivity index (χ2v) is 2.93. The Morgan fingerprint density at radius 1 is 1.58 bits per heavy atom. The van der Waals surface area contributed by atoms with Gasteiger partial charge < -0.3 is 19.3 Å². The zero-order valence-corrected chi connectivity index (χ0v) is 7.61. The number of methoxy groups -OCH3 is 1. The minimum Gasteiger partial charge on any atom is -0.354 e. The molecule has 0 aromatic rings. The lowest BCUT2D eigenvalue weighted by Gasteiger charge is -2.30. The molecule has 1 saturated heterocycles. The second kappa shape index (κ2) is 5.04. The molecule has 1 unspecified atom stereocenters. The first-order valence-electron chi connectivity index (χ1n) is 3.47. The van der Waals surface area contributed by atoms with E-state index in [1.54, 1.807) is 0 Å². The Bertz CT molecular complexity index is 135. The Labute approximate surface area is 71.6 Å². The van der Waals surface area contributed by atoms with Gasteiger partial charge in [0.05, 0.1) is 13.2 Å². The van der Waals surface area contributed by atoms with Crippen molar-refractivity contribution < 1.29 is 23.9 Å². The fourth-order valence-corrected chi connectivity index (χ4v) is 1.27. The highest BCUT2D eigenvalue weighted by Crippen LogP contribution is 2.27. The van der Waals surface area contributed by atoms with E-state index in [2.05, 4.69) is 4.62 Å². The van der Waals surface area contributed by atoms with Crippen LogP contribution in [0, 0.1) is 0 Å². The first-order valence-corrected chi connectivity index (χ1v) is 4.64. The van der Waals surface area contributed by atoms with Crippen molar-refractivity contribution >= 4 is 8.60 Å². The molecule has 0 spiro atoms. The largest absolute Gasteiger partial charge is 0.354 e. The molecule has 1 aliphatic rings. The molecule has 12 heavy (non-hydrogen) atoms. The molecule has 0 radical (unpaired) electrons. The maximum Gasteiger partial charge on any atom is 0.345 e. The fourth-order valence-electron chi connectivity index (χ4n) is 0.916. The van der Waals surface area contributed by atoms with Gasteiger partial charge in [0.2, 0.25) is 0 Å². The lowest BCUT2D eigenvalue weighted by atomic mass is 10.5. The minimum atomic E-state index is -2.33. The van der Waals surface area contributed by atoms with Crippen LogP contribution in [0.3, 0.4) is 0 Å². The number of hydroxylamine groups is 2. The van der Waals surface area contributed by atoms with Crippen LogP contribution in [-0.2, 0) is 14.1 Å². The summed E-state index contributed by atoms with van der Waals surface area (Å²) in [5, 5.41) is 1.42. The summed E-state index contributed by atoms with van der Waals surface area (Å²) in [4.78, 5) is 17.1. The molecular formula is C5H12NO5P. The third kappa shape index (κ3) is 3.28. The van der Waals surface area contributed by atoms with E-state index in [-0.39, 0.29) is 6.29 Å². The molecule has 0 bridgehead atoms. The molecule has 1 aliphatic heterocycles. The smallest absolute Gasteiger partial charge is 0.345 e. The van der Waals surface area contributed by atoms with Crippen molar-refractivity contribution in [3.8, 4) is 0 Å². The van der Waals surface area contributed by atoms with Crippen molar-refractivity contribution in [2.75, 3.05) is 26.8 Å². The lowest BCUT2D eigenvalue weighted by Crippen LogP contribution is -2.42. The number of ether oxygens (including phenoxy) is 2. The normalized spacial score (nSPS) is 26.5. The van der Waals surface area contributed by atoms with Gasteiger partial charge in [-0.15, -0.1) is 0 Å². The monoisotopic (exact) mass is 197 g/mol. The molecule has 1 heterocycles. The molecule has 1 rings (SSSR count). The number of hydrogen-bond acceptors (Lipinski definition) is 6. The topological polar surface area (TPSA) is 71.4 Å². The highest BCUT2D eigenvalue weighted by atomic mass is 31.2. The van der Waals surface area contributed by atoms with E-state index in [0.717, 1.165) is 0 Å². The Kier molecular flexibility index (Phi) is 4.31. The van der Waals surface area contributed by atoms with Gasteiger partial charge in [0.15, 0.2) is 6.29 Å². The van der Waals surface area contributed by atoms with E-state index in [9.17, 15) is 0 Å². The number of rotatable bonds is 3. The number of morpholine rings is 1. The maximum absolute atomic E-state index is 8.54. The molecule has 1 fully saturated rings. The average molecular weight is 197 g/mol. The van der Waals surface area contributed by atoms with Gasteiger partial charge in [0.1, 0.15) is 0 Å². The van der Waals surface area contributed by atoms with Crippen LogP contribution in [-0.4, -0.2) is 47.9 Å². The number of hydrogen-bond donors (Lipinski definition) is 2. The van der Waals surface area contributed by atoms with Crippen molar-refractivity contribution in [3.63, 3.8) is 0 Å². The number of nitrogens with zero attached hydrogens (tertiary/aromatic N) is 1. The molecule has 6 nitrogen and oxygen atoms in total. The Morgan fingerprint density at radius 3 is 2.92 bits per heavy atom. The van der Waals surface area contributed by atoms with E-state index in [0.29, 0.717) is 19.7 Å². The van der Waals surface area contributed by atoms with E-state index in [1.165, 1.54) is 12.2 Å². The van der Waals surface area contributed by atoms with Crippen LogP contribution in [0.5, 0.6) is 0 Å². The summed E-state index contributed by atoms with van der Waals surface area (Å²) in [5.74, 6) is 0. The highest BCUT2D eigenvalue weighted by molar-refractivity contribution is 7.39. The van der Waals surface area contributed by atoms with Gasteiger partial charge in [-0.2, -0.15) is 5.06 Å². The summed E-state index contributed by atoms with van der Waals surface area (Å²) in [6, 6.07) is 0. The van der Waals surface area contributed by atoms with Crippen molar-refractivity contribution in [2.45, 2.75) is 6.29 Å². The molecule has 0 aromatic carbocycles. The van der Waals surface area contributed by atoms with Crippen LogP contribution in [0.1, 0.15) is 0 Å². The lowest BCUT2D eigenvalue weighted by molar-refractivity contribution is -0.222. The summed E-state index contributed by atoms with van der Waals surface area (Å²) in [5.41, 5.74) is 0. The molecule has 0 amide bonds. The van der Waals surface area contributed by atoms with E-state index in [4.69, 9.17) is 19.3 Å². The van der Waals surface area contributed by atoms with E-state index < -0.39 is 8.60 Å². The van der Waals surface area contributed by atoms with Crippen LogP contribution in [0.4, 0.5) is 0 Å². The molecule has 72 valence electrons. The fraction of sp³-hybridized carbons (Fsp3) is 1.00. The van der Waals surface area contributed by atoms with Crippen LogP contribution >= 0.6 is 8.60 Å². The molecule has 0 saturated carbocycles. The Balaban J connectivity index is 2.25. The Morgan fingerprint density at radius 2 is 2.33 bits per heavy atom. The van der Waals surface area contributed by atoms with Gasteiger partial charge in [-0.05, 0) is 0 Å². The van der Waals surface area contributed by atoms with Gasteiger partial charge in [-0.3, -0.25) is 0 Å². The van der Waals surface area contributed by atoms with Crippen molar-refractivity contribution in [1.29, 1.82) is 0 Å². The Hall–Kier alpha value is 0.190. The predicted octanol–water partition coefficient (Wildman–Crippen LogP) is -0.566. The van der Waals surface area contributed by atoms with Crippen molar-refractivity contribution in [2.24, 2.45) is 0 Å². The van der Waals surface area contributed by atoms with Gasteiger partial charge in [-0.1, -0.05) is 0 Å². The SMILES string of the molecule is COC1CN(OP(O)O)CCO1. The third-order valence-electron chi connectivity index (χ3n) is 1.45. The van der Waals surface area contributed by atoms with Crippen molar-refractivity contribution in [3.05, 3.63) is 0 Å². The van der Waals surface area contributed by atoms with Crippen molar-refractivity contribution in [1.82, 2.24) is 5.06 Å². The molecule has 2 N–H and O–H groups in total. The summed E-state index contributed by atoms with van der Waals surface area (Å²) >= 11 is 0. The summed E-state index contributed by atoms with van der Waals surface area (Å²) in [6.45, 7) is 1.36. The van der Waals surface area contributed by atoms with Gasteiger partial charge >= 0.3 is 8.60 Å². The molecule has 7 heteroatoms. The maximum atomic E-state index is 8.54. The van der Waals surface area contributed by atoms with Crippen LogP contribution in [0.25, 0.3) is 0 Å². The van der Waals surface area contributed by atoms with Gasteiger partial charge in [-0.25, -0.2) is 4.62 Å². The zero-order valence-electron chi connectivity index (χ0n) is 6.71. The summed E-state index contributed by atoms with van der Waals surface area (Å²) in [7, 11) is -0.810. The van der Waals surface area contributed by atoms with E-state index in [1.807, 2.05) is 0 Å². The second-order valence-electron chi connectivity index (χ2n) is 2.26. The summed E-state index contributed by atoms with van der Waals surface area (Å²) < 4.78 is 14.7.